The molecule has 0 bridgehead atoms. The number of rotatable bonds is 3. The molecule has 0 saturated heterocycles. The van der Waals surface area contributed by atoms with Crippen LogP contribution in [0.15, 0.2) is 42.5 Å². The number of hydrogen-bond acceptors (Lipinski definition) is 1. The van der Waals surface area contributed by atoms with Gasteiger partial charge in [0.15, 0.2) is 0 Å². The van der Waals surface area contributed by atoms with Crippen LogP contribution in [0.3, 0.4) is 0 Å². The lowest BCUT2D eigenvalue weighted by molar-refractivity contribution is -0.140. The highest BCUT2D eigenvalue weighted by atomic mass is 19.4. The minimum Gasteiger partial charge on any atom is -0.351 e. The number of benzene rings is 2. The summed E-state index contributed by atoms with van der Waals surface area (Å²) < 4.78 is 64.4. The molecule has 1 amide bonds. The molecule has 0 aliphatic heterocycles. The number of fused-ring (bicyclic) bond motifs is 1. The predicted molar refractivity (Wildman–Crippen MR) is 80.8 cm³/mol. The van der Waals surface area contributed by atoms with E-state index < -0.39 is 29.3 Å². The summed E-state index contributed by atoms with van der Waals surface area (Å²) >= 11 is 0. The summed E-state index contributed by atoms with van der Waals surface area (Å²) in [6.45, 7) is -0.216. The van der Waals surface area contributed by atoms with Crippen molar-refractivity contribution in [1.82, 2.24) is 10.3 Å². The van der Waals surface area contributed by atoms with Crippen LogP contribution in [0.5, 0.6) is 0 Å². The van der Waals surface area contributed by atoms with Crippen molar-refractivity contribution in [2.45, 2.75) is 12.7 Å². The van der Waals surface area contributed by atoms with Crippen LogP contribution in [0.25, 0.3) is 10.9 Å². The molecule has 25 heavy (non-hydrogen) atoms. The van der Waals surface area contributed by atoms with Gasteiger partial charge in [0.05, 0.1) is 5.56 Å². The summed E-state index contributed by atoms with van der Waals surface area (Å²) in [5, 5.41) is 2.93. The molecule has 0 atom stereocenters. The number of carbonyl (C=O) groups is 1. The van der Waals surface area contributed by atoms with Crippen molar-refractivity contribution in [1.29, 1.82) is 0 Å². The minimum atomic E-state index is -4.81. The van der Waals surface area contributed by atoms with Gasteiger partial charge in [-0.2, -0.15) is 13.2 Å². The summed E-state index contributed by atoms with van der Waals surface area (Å²) in [5.74, 6) is -2.40. The number of amides is 1. The Kier molecular flexibility index (Phi) is 4.20. The molecule has 0 saturated carbocycles. The second-order valence-corrected chi connectivity index (χ2v) is 5.41. The van der Waals surface area contributed by atoms with Gasteiger partial charge < -0.3 is 10.3 Å². The fourth-order valence-electron chi connectivity index (χ4n) is 2.40. The molecule has 3 nitrogen and oxygen atoms in total. The molecule has 0 aliphatic rings. The van der Waals surface area contributed by atoms with E-state index in [0.29, 0.717) is 23.0 Å². The highest BCUT2D eigenvalue weighted by Crippen LogP contribution is 2.31. The van der Waals surface area contributed by atoms with Gasteiger partial charge in [0, 0.05) is 17.4 Å². The lowest BCUT2D eigenvalue weighted by Gasteiger charge is -2.10. The number of hydrogen-bond donors (Lipinski definition) is 2. The van der Waals surface area contributed by atoms with Gasteiger partial charge in [-0.25, -0.2) is 8.78 Å². The maximum Gasteiger partial charge on any atom is 0.419 e. The summed E-state index contributed by atoms with van der Waals surface area (Å²) in [6.07, 6.45) is -4.81. The second-order valence-electron chi connectivity index (χ2n) is 5.41. The summed E-state index contributed by atoms with van der Waals surface area (Å²) in [4.78, 5) is 14.9. The molecule has 0 aliphatic carbocycles. The number of aromatic nitrogens is 1. The third kappa shape index (κ3) is 3.62. The van der Waals surface area contributed by atoms with Crippen LogP contribution in [-0.2, 0) is 12.7 Å². The van der Waals surface area contributed by atoms with E-state index in [4.69, 9.17) is 0 Å². The lowest BCUT2D eigenvalue weighted by atomic mass is 10.1. The molecule has 130 valence electrons. The number of carbonyl (C=O) groups excluding carboxylic acids is 1. The zero-order valence-corrected chi connectivity index (χ0v) is 12.5. The zero-order valence-electron chi connectivity index (χ0n) is 12.5. The number of nitrogens with one attached hydrogen (secondary N) is 2. The van der Waals surface area contributed by atoms with Crippen LogP contribution >= 0.6 is 0 Å². The minimum absolute atomic E-state index is 0.101. The first kappa shape index (κ1) is 16.9. The highest BCUT2D eigenvalue weighted by molar-refractivity contribution is 5.97. The topological polar surface area (TPSA) is 44.9 Å². The molecule has 1 aromatic heterocycles. The van der Waals surface area contributed by atoms with Gasteiger partial charge in [-0.05, 0) is 42.0 Å². The van der Waals surface area contributed by atoms with Gasteiger partial charge in [0.1, 0.15) is 17.3 Å². The van der Waals surface area contributed by atoms with Crippen molar-refractivity contribution in [3.05, 3.63) is 70.9 Å². The molecule has 1 heterocycles. The quantitative estimate of drug-likeness (QED) is 0.673. The molecule has 3 rings (SSSR count). The molecular weight excluding hydrogens is 343 g/mol. The summed E-state index contributed by atoms with van der Waals surface area (Å²) in [7, 11) is 0. The molecule has 0 radical (unpaired) electrons. The van der Waals surface area contributed by atoms with Gasteiger partial charge in [-0.1, -0.05) is 6.07 Å². The van der Waals surface area contributed by atoms with Crippen molar-refractivity contribution in [2.24, 2.45) is 0 Å². The van der Waals surface area contributed by atoms with Gasteiger partial charge in [-0.3, -0.25) is 4.79 Å². The summed E-state index contributed by atoms with van der Waals surface area (Å²) in [6, 6.07) is 7.89. The second kappa shape index (κ2) is 6.19. The van der Waals surface area contributed by atoms with E-state index >= 15 is 0 Å². The average molecular weight is 354 g/mol. The molecular formula is C17H11F5N2O. The number of aromatic amines is 1. The van der Waals surface area contributed by atoms with Crippen molar-refractivity contribution in [3.63, 3.8) is 0 Å². The first-order chi connectivity index (χ1) is 11.7. The van der Waals surface area contributed by atoms with Gasteiger partial charge in [0.25, 0.3) is 5.91 Å². The average Bonchev–Trinajstić information content (AvgIpc) is 2.95. The number of alkyl halides is 3. The molecule has 0 unspecified atom stereocenters. The van der Waals surface area contributed by atoms with E-state index in [1.807, 2.05) is 0 Å². The van der Waals surface area contributed by atoms with Crippen molar-refractivity contribution >= 4 is 16.8 Å². The van der Waals surface area contributed by atoms with Crippen molar-refractivity contribution in [3.8, 4) is 0 Å². The normalized spacial score (nSPS) is 11.7. The van der Waals surface area contributed by atoms with Crippen LogP contribution in [0.4, 0.5) is 22.0 Å². The Balaban J connectivity index is 1.75. The molecule has 2 aromatic carbocycles. The van der Waals surface area contributed by atoms with E-state index in [0.717, 1.165) is 6.07 Å². The fraction of sp³-hybridized carbons (Fsp3) is 0.118. The van der Waals surface area contributed by atoms with Crippen LogP contribution in [0.2, 0.25) is 0 Å². The van der Waals surface area contributed by atoms with Crippen LogP contribution in [0.1, 0.15) is 21.6 Å². The number of halogens is 5. The molecule has 8 heteroatoms. The maximum atomic E-state index is 13.2. The highest BCUT2D eigenvalue weighted by Gasteiger charge is 2.34. The third-order valence-electron chi connectivity index (χ3n) is 3.62. The molecule has 2 N–H and O–H groups in total. The molecule has 0 spiro atoms. The zero-order chi connectivity index (χ0) is 18.2. The Morgan fingerprint density at radius 2 is 1.80 bits per heavy atom. The van der Waals surface area contributed by atoms with Gasteiger partial charge in [0.2, 0.25) is 0 Å². The van der Waals surface area contributed by atoms with E-state index in [-0.39, 0.29) is 17.8 Å². The number of H-pyrrole nitrogens is 1. The summed E-state index contributed by atoms with van der Waals surface area (Å²) in [5.41, 5.74) is -0.601. The van der Waals surface area contributed by atoms with E-state index in [1.165, 1.54) is 24.3 Å². The SMILES string of the molecule is O=C(NCc1ccc(F)c(C(F)(F)F)c1)c1cc2cc(F)ccc2[nH]1. The Bertz CT molecular complexity index is 946. The van der Waals surface area contributed by atoms with Crippen LogP contribution < -0.4 is 5.32 Å². The Labute approximate surface area is 138 Å². The van der Waals surface area contributed by atoms with Crippen molar-refractivity contribution < 1.29 is 26.7 Å². The lowest BCUT2D eigenvalue weighted by Crippen LogP contribution is -2.23. The van der Waals surface area contributed by atoms with Crippen LogP contribution in [-0.4, -0.2) is 10.9 Å². The maximum absolute atomic E-state index is 13.2. The largest absolute Gasteiger partial charge is 0.419 e. The van der Waals surface area contributed by atoms with E-state index in [9.17, 15) is 26.7 Å². The third-order valence-corrected chi connectivity index (χ3v) is 3.62. The van der Waals surface area contributed by atoms with Crippen LogP contribution in [0, 0.1) is 11.6 Å². The van der Waals surface area contributed by atoms with E-state index in [1.54, 1.807) is 0 Å². The van der Waals surface area contributed by atoms with Gasteiger partial charge >= 0.3 is 6.18 Å². The predicted octanol–water partition coefficient (Wildman–Crippen LogP) is 4.39. The first-order valence-corrected chi connectivity index (χ1v) is 7.16. The Hall–Kier alpha value is -2.90. The monoisotopic (exact) mass is 354 g/mol. The van der Waals surface area contributed by atoms with E-state index in [2.05, 4.69) is 10.3 Å². The fourth-order valence-corrected chi connectivity index (χ4v) is 2.40. The first-order valence-electron chi connectivity index (χ1n) is 7.16. The molecule has 3 aromatic rings. The Morgan fingerprint density at radius 3 is 2.52 bits per heavy atom. The van der Waals surface area contributed by atoms with Crippen molar-refractivity contribution in [2.75, 3.05) is 0 Å². The Morgan fingerprint density at radius 1 is 1.04 bits per heavy atom. The smallest absolute Gasteiger partial charge is 0.351 e. The standard InChI is InChI=1S/C17H11F5N2O/c18-11-2-4-14-10(6-11)7-15(24-14)16(25)23-8-9-1-3-13(19)12(5-9)17(20,21)22/h1-7,24H,8H2,(H,23,25). The van der Waals surface area contributed by atoms with Gasteiger partial charge in [-0.15, -0.1) is 0 Å². The molecule has 0 fully saturated rings.